The van der Waals surface area contributed by atoms with Crippen LogP contribution in [0.4, 0.5) is 0 Å². The molecule has 0 aliphatic rings. The fourth-order valence-corrected chi connectivity index (χ4v) is 0.368. The van der Waals surface area contributed by atoms with E-state index in [0.29, 0.717) is 6.61 Å². The molecule has 0 unspecified atom stereocenters. The Bertz CT molecular complexity index is 217. The van der Waals surface area contributed by atoms with E-state index in [4.69, 9.17) is 0 Å². The molecule has 0 aliphatic heterocycles. The van der Waals surface area contributed by atoms with Gasteiger partial charge in [0.05, 0.1) is 0 Å². The van der Waals surface area contributed by atoms with Crippen molar-refractivity contribution in [1.82, 2.24) is 4.73 Å². The predicted molar refractivity (Wildman–Crippen MR) is 26.5 cm³/mol. The van der Waals surface area contributed by atoms with Gasteiger partial charge < -0.3 is 4.84 Å². The molecule has 0 N–H and O–H groups in total. The minimum Gasteiger partial charge on any atom is -0.407 e. The van der Waals surface area contributed by atoms with Gasteiger partial charge in [-0.05, 0) is 6.92 Å². The lowest BCUT2D eigenvalue weighted by molar-refractivity contribution is 0.138. The van der Waals surface area contributed by atoms with Crippen LogP contribution in [0, 0.1) is 0 Å². The first-order valence-corrected chi connectivity index (χ1v) is 2.28. The van der Waals surface area contributed by atoms with E-state index in [0.717, 1.165) is 4.73 Å². The van der Waals surface area contributed by atoms with Gasteiger partial charge >= 0.3 is 11.1 Å². The molecule has 0 aliphatic carbocycles. The molecule has 4 heteroatoms. The van der Waals surface area contributed by atoms with E-state index in [1.165, 1.54) is 0 Å². The van der Waals surface area contributed by atoms with Gasteiger partial charge in [0.15, 0.2) is 0 Å². The van der Waals surface area contributed by atoms with Crippen LogP contribution in [-0.4, -0.2) is 11.3 Å². The zero-order valence-electron chi connectivity index (χ0n) is 4.38. The van der Waals surface area contributed by atoms with Crippen molar-refractivity contribution in [2.75, 3.05) is 6.61 Å². The Labute approximate surface area is 45.0 Å². The van der Waals surface area contributed by atoms with Crippen LogP contribution >= 0.6 is 0 Å². The molecule has 4 nitrogen and oxygen atoms in total. The molecule has 0 amide bonds. The van der Waals surface area contributed by atoms with Gasteiger partial charge in [-0.15, -0.1) is 0 Å². The Balaban J connectivity index is 2.67. The lowest BCUT2D eigenvalue weighted by Crippen LogP contribution is -2.08. The second kappa shape index (κ2) is 1.47. The maximum absolute atomic E-state index is 10.1. The molecule has 1 aromatic heterocycles. The highest BCUT2D eigenvalue weighted by atomic mass is 16.7. The highest BCUT2D eigenvalue weighted by molar-refractivity contribution is 4.83. The smallest absolute Gasteiger partial charge is 0.355 e. The second-order valence-electron chi connectivity index (χ2n) is 1.32. The van der Waals surface area contributed by atoms with Gasteiger partial charge in [-0.2, -0.15) is 0 Å². The molecule has 44 valence electrons. The molecule has 1 rings (SSSR count). The zero-order chi connectivity index (χ0) is 6.15. The minimum atomic E-state index is -0.549. The minimum absolute atomic E-state index is 0.359. The second-order valence-corrected chi connectivity index (χ2v) is 1.32. The van der Waals surface area contributed by atoms with Gasteiger partial charge in [0, 0.05) is 0 Å². The largest absolute Gasteiger partial charge is 0.407 e. The van der Waals surface area contributed by atoms with E-state index in [-0.39, 0.29) is 0 Å². The standard InChI is InChI=1S/C4H5NO3/c1-2-8-5-3(6)4(5)7/h2H2,1H3. The third-order valence-electron chi connectivity index (χ3n) is 0.760. The Kier molecular flexibility index (Phi) is 0.932. The number of nitrogens with zero attached hydrogens (tertiary/aromatic N) is 1. The normalized spacial score (nSPS) is 10.1. The van der Waals surface area contributed by atoms with Crippen LogP contribution in [0.5, 0.6) is 0 Å². The number of hydrogen-bond acceptors (Lipinski definition) is 3. The van der Waals surface area contributed by atoms with Gasteiger partial charge in [0.25, 0.3) is 0 Å². The van der Waals surface area contributed by atoms with Crippen molar-refractivity contribution in [2.24, 2.45) is 0 Å². The molecular weight excluding hydrogens is 110 g/mol. The first-order valence-electron chi connectivity index (χ1n) is 2.28. The Morgan fingerprint density at radius 3 is 2.12 bits per heavy atom. The van der Waals surface area contributed by atoms with Gasteiger partial charge in [-0.3, -0.25) is 9.59 Å². The van der Waals surface area contributed by atoms with Crippen molar-refractivity contribution in [2.45, 2.75) is 6.92 Å². The van der Waals surface area contributed by atoms with Crippen LogP contribution in [0.3, 0.4) is 0 Å². The number of aromatic nitrogens is 1. The lowest BCUT2D eigenvalue weighted by atomic mass is 10.9. The van der Waals surface area contributed by atoms with Crippen molar-refractivity contribution >= 4 is 0 Å². The van der Waals surface area contributed by atoms with E-state index >= 15 is 0 Å². The van der Waals surface area contributed by atoms with E-state index in [1.807, 2.05) is 0 Å². The Morgan fingerprint density at radius 2 is 2.00 bits per heavy atom. The Hall–Kier alpha value is -1.06. The van der Waals surface area contributed by atoms with Crippen molar-refractivity contribution in [3.05, 3.63) is 20.7 Å². The maximum Gasteiger partial charge on any atom is 0.355 e. The zero-order valence-corrected chi connectivity index (χ0v) is 4.38. The van der Waals surface area contributed by atoms with E-state index in [2.05, 4.69) is 4.84 Å². The van der Waals surface area contributed by atoms with Crippen LogP contribution < -0.4 is 16.0 Å². The quantitative estimate of drug-likeness (QED) is 0.442. The molecule has 0 atom stereocenters. The van der Waals surface area contributed by atoms with Gasteiger partial charge in [-0.25, -0.2) is 0 Å². The highest BCUT2D eigenvalue weighted by Gasteiger charge is 2.15. The van der Waals surface area contributed by atoms with Gasteiger partial charge in [0.1, 0.15) is 6.61 Å². The van der Waals surface area contributed by atoms with Crippen LogP contribution in [0.1, 0.15) is 6.92 Å². The van der Waals surface area contributed by atoms with Crippen molar-refractivity contribution in [3.8, 4) is 0 Å². The predicted octanol–water partition coefficient (Wildman–Crippen LogP) is -1.47. The molecule has 1 aromatic rings. The summed E-state index contributed by atoms with van der Waals surface area (Å²) >= 11 is 0. The van der Waals surface area contributed by atoms with E-state index in [9.17, 15) is 9.59 Å². The summed E-state index contributed by atoms with van der Waals surface area (Å²) in [7, 11) is 0. The van der Waals surface area contributed by atoms with E-state index < -0.39 is 11.1 Å². The van der Waals surface area contributed by atoms with E-state index in [1.54, 1.807) is 6.92 Å². The molecule has 1 heterocycles. The molecular formula is C4H5NO3. The molecule has 0 bridgehead atoms. The fraction of sp³-hybridized carbons (Fsp3) is 0.500. The van der Waals surface area contributed by atoms with Crippen LogP contribution in [0.15, 0.2) is 9.59 Å². The molecule has 0 spiro atoms. The summed E-state index contributed by atoms with van der Waals surface area (Å²) in [6, 6.07) is 0. The summed E-state index contributed by atoms with van der Waals surface area (Å²) in [6.45, 7) is 2.07. The SMILES string of the molecule is CCOn1c(=O)c1=O. The third kappa shape index (κ3) is 0.538. The number of hydrogen-bond donors (Lipinski definition) is 0. The fourth-order valence-electron chi connectivity index (χ4n) is 0.368. The summed E-state index contributed by atoms with van der Waals surface area (Å²) in [5.74, 6) is 0. The molecule has 0 radical (unpaired) electrons. The topological polar surface area (TPSA) is 48.3 Å². The molecule has 0 aromatic carbocycles. The molecule has 0 saturated heterocycles. The first-order chi connectivity index (χ1) is 3.77. The van der Waals surface area contributed by atoms with Crippen molar-refractivity contribution in [1.29, 1.82) is 0 Å². The summed E-state index contributed by atoms with van der Waals surface area (Å²) in [4.78, 5) is 24.6. The lowest BCUT2D eigenvalue weighted by Gasteiger charge is -1.87. The Morgan fingerprint density at radius 1 is 1.50 bits per heavy atom. The first kappa shape index (κ1) is 5.08. The summed E-state index contributed by atoms with van der Waals surface area (Å²) in [5.41, 5.74) is -1.10. The maximum atomic E-state index is 10.1. The summed E-state index contributed by atoms with van der Waals surface area (Å²) in [6.07, 6.45) is 0. The summed E-state index contributed by atoms with van der Waals surface area (Å²) < 4.78 is 0.736. The molecule has 8 heavy (non-hydrogen) atoms. The average molecular weight is 115 g/mol. The molecule has 0 fully saturated rings. The van der Waals surface area contributed by atoms with Crippen LogP contribution in [0.2, 0.25) is 0 Å². The van der Waals surface area contributed by atoms with Gasteiger partial charge in [-0.1, -0.05) is 4.73 Å². The highest BCUT2D eigenvalue weighted by Crippen LogP contribution is 1.61. The van der Waals surface area contributed by atoms with Crippen LogP contribution in [0.25, 0.3) is 0 Å². The third-order valence-corrected chi connectivity index (χ3v) is 0.760. The van der Waals surface area contributed by atoms with Crippen LogP contribution in [-0.2, 0) is 0 Å². The average Bonchev–Trinajstić information content (AvgIpc) is 2.25. The monoisotopic (exact) mass is 115 g/mol. The van der Waals surface area contributed by atoms with Crippen molar-refractivity contribution in [3.63, 3.8) is 0 Å². The summed E-state index contributed by atoms with van der Waals surface area (Å²) in [5, 5.41) is 0. The van der Waals surface area contributed by atoms with Crippen molar-refractivity contribution < 1.29 is 4.84 Å². The molecule has 0 saturated carbocycles. The van der Waals surface area contributed by atoms with Gasteiger partial charge in [0.2, 0.25) is 0 Å². The number of rotatable bonds is 2.